The average molecular weight is 407 g/mol. The molecule has 3 nitrogen and oxygen atoms in total. The van der Waals surface area contributed by atoms with Crippen LogP contribution in [0.5, 0.6) is 5.75 Å². The number of phenolic OH excluding ortho intramolecular Hbond substituents is 1. The Morgan fingerprint density at radius 2 is 1.76 bits per heavy atom. The minimum Gasteiger partial charge on any atom is -0.506 e. The lowest BCUT2D eigenvalue weighted by Gasteiger charge is -2.13. The zero-order valence-electron chi connectivity index (χ0n) is 10.4. The molecular weight excluding hydrogens is 398 g/mol. The monoisotopic (exact) mass is 407 g/mol. The molecule has 2 aromatic rings. The normalized spacial score (nSPS) is 11.2. The Morgan fingerprint density at radius 3 is 2.33 bits per heavy atom. The number of para-hydroxylation sites is 1. The summed E-state index contributed by atoms with van der Waals surface area (Å²) in [6.07, 6.45) is -4.73. The summed E-state index contributed by atoms with van der Waals surface area (Å²) in [5.74, 6) is -1.88. The second-order valence-electron chi connectivity index (χ2n) is 4.17. The summed E-state index contributed by atoms with van der Waals surface area (Å²) >= 11 is 1.66. The van der Waals surface area contributed by atoms with Crippen molar-refractivity contribution in [1.82, 2.24) is 0 Å². The third-order valence-electron chi connectivity index (χ3n) is 2.66. The van der Waals surface area contributed by atoms with Crippen LogP contribution in [0.4, 0.5) is 18.9 Å². The highest BCUT2D eigenvalue weighted by Gasteiger charge is 2.36. The van der Waals surface area contributed by atoms with Gasteiger partial charge in [0.2, 0.25) is 0 Å². The summed E-state index contributed by atoms with van der Waals surface area (Å²) in [4.78, 5) is 12.0. The van der Waals surface area contributed by atoms with Crippen molar-refractivity contribution in [2.45, 2.75) is 6.18 Å². The Hall–Kier alpha value is -1.77. The number of nitrogens with one attached hydrogen (secondary N) is 1. The SMILES string of the molecule is O=C(Nc1ccccc1)c1cc(I)cc(C(F)(F)F)c1O. The zero-order valence-corrected chi connectivity index (χ0v) is 12.6. The highest BCUT2D eigenvalue weighted by Crippen LogP contribution is 2.38. The fourth-order valence-electron chi connectivity index (χ4n) is 1.71. The molecule has 0 aliphatic carbocycles. The number of anilines is 1. The molecule has 0 saturated carbocycles. The summed E-state index contributed by atoms with van der Waals surface area (Å²) in [7, 11) is 0. The molecular formula is C14H9F3INO2. The summed E-state index contributed by atoms with van der Waals surface area (Å²) in [5.41, 5.74) is -1.22. The number of alkyl halides is 3. The van der Waals surface area contributed by atoms with Crippen molar-refractivity contribution < 1.29 is 23.1 Å². The Morgan fingerprint density at radius 1 is 1.14 bits per heavy atom. The third kappa shape index (κ3) is 3.66. The van der Waals surface area contributed by atoms with Crippen LogP contribution in [-0.2, 0) is 6.18 Å². The van der Waals surface area contributed by atoms with Crippen LogP contribution in [0.15, 0.2) is 42.5 Å². The smallest absolute Gasteiger partial charge is 0.420 e. The first kappa shape index (κ1) is 15.6. The second kappa shape index (κ2) is 5.92. The van der Waals surface area contributed by atoms with Crippen LogP contribution in [0.3, 0.4) is 0 Å². The van der Waals surface area contributed by atoms with Gasteiger partial charge in [-0.05, 0) is 46.9 Å². The van der Waals surface area contributed by atoms with Gasteiger partial charge in [0, 0.05) is 9.26 Å². The molecule has 0 fully saturated rings. The molecule has 7 heteroatoms. The molecule has 2 N–H and O–H groups in total. The van der Waals surface area contributed by atoms with Gasteiger partial charge >= 0.3 is 6.18 Å². The fourth-order valence-corrected chi connectivity index (χ4v) is 2.33. The van der Waals surface area contributed by atoms with E-state index < -0.39 is 29.0 Å². The van der Waals surface area contributed by atoms with Crippen LogP contribution in [0.2, 0.25) is 0 Å². The van der Waals surface area contributed by atoms with E-state index in [0.29, 0.717) is 5.69 Å². The van der Waals surface area contributed by atoms with Crippen LogP contribution >= 0.6 is 22.6 Å². The largest absolute Gasteiger partial charge is 0.506 e. The number of hydrogen-bond donors (Lipinski definition) is 2. The summed E-state index contributed by atoms with van der Waals surface area (Å²) < 4.78 is 38.6. The molecule has 0 atom stereocenters. The number of benzene rings is 2. The van der Waals surface area contributed by atoms with Gasteiger partial charge in [0.05, 0.1) is 11.1 Å². The summed E-state index contributed by atoms with van der Waals surface area (Å²) in [6, 6.07) is 10.2. The van der Waals surface area contributed by atoms with Crippen LogP contribution < -0.4 is 5.32 Å². The van der Waals surface area contributed by atoms with Crippen molar-refractivity contribution in [3.05, 3.63) is 57.2 Å². The molecule has 2 aromatic carbocycles. The Labute approximate surface area is 131 Å². The van der Waals surface area contributed by atoms with E-state index in [1.807, 2.05) is 0 Å². The molecule has 0 radical (unpaired) electrons. The maximum absolute atomic E-state index is 12.8. The number of hydrogen-bond acceptors (Lipinski definition) is 2. The van der Waals surface area contributed by atoms with E-state index in [2.05, 4.69) is 5.32 Å². The van der Waals surface area contributed by atoms with Crippen LogP contribution in [0.1, 0.15) is 15.9 Å². The highest BCUT2D eigenvalue weighted by atomic mass is 127. The molecule has 21 heavy (non-hydrogen) atoms. The van der Waals surface area contributed by atoms with Gasteiger partial charge in [-0.15, -0.1) is 0 Å². The molecule has 1 amide bonds. The van der Waals surface area contributed by atoms with Gasteiger partial charge in [-0.2, -0.15) is 13.2 Å². The van der Waals surface area contributed by atoms with E-state index in [4.69, 9.17) is 0 Å². The minimum absolute atomic E-state index is 0.205. The Balaban J connectivity index is 2.40. The first-order chi connectivity index (χ1) is 9.79. The van der Waals surface area contributed by atoms with E-state index in [0.717, 1.165) is 6.07 Å². The predicted octanol–water partition coefficient (Wildman–Crippen LogP) is 4.27. The highest BCUT2D eigenvalue weighted by molar-refractivity contribution is 14.1. The number of halogens is 4. The number of rotatable bonds is 2. The average Bonchev–Trinajstić information content (AvgIpc) is 2.40. The van der Waals surface area contributed by atoms with Crippen molar-refractivity contribution in [1.29, 1.82) is 0 Å². The van der Waals surface area contributed by atoms with Gasteiger partial charge in [0.1, 0.15) is 5.75 Å². The summed E-state index contributed by atoms with van der Waals surface area (Å²) in [6.45, 7) is 0. The van der Waals surface area contributed by atoms with Gasteiger partial charge in [0.15, 0.2) is 0 Å². The molecule has 0 heterocycles. The van der Waals surface area contributed by atoms with Crippen molar-refractivity contribution >= 4 is 34.2 Å². The topological polar surface area (TPSA) is 49.3 Å². The molecule has 110 valence electrons. The van der Waals surface area contributed by atoms with E-state index >= 15 is 0 Å². The van der Waals surface area contributed by atoms with E-state index in [1.54, 1.807) is 52.9 Å². The van der Waals surface area contributed by atoms with Gasteiger partial charge < -0.3 is 10.4 Å². The van der Waals surface area contributed by atoms with Crippen LogP contribution in [0.25, 0.3) is 0 Å². The predicted molar refractivity (Wildman–Crippen MR) is 80.2 cm³/mol. The van der Waals surface area contributed by atoms with Gasteiger partial charge in [-0.25, -0.2) is 0 Å². The number of amides is 1. The van der Waals surface area contributed by atoms with Crippen molar-refractivity contribution in [3.63, 3.8) is 0 Å². The third-order valence-corrected chi connectivity index (χ3v) is 3.28. The van der Waals surface area contributed by atoms with Gasteiger partial charge in [0.25, 0.3) is 5.91 Å². The molecule has 0 aliphatic rings. The molecule has 0 unspecified atom stereocenters. The second-order valence-corrected chi connectivity index (χ2v) is 5.41. The van der Waals surface area contributed by atoms with Gasteiger partial charge in [-0.1, -0.05) is 18.2 Å². The lowest BCUT2D eigenvalue weighted by molar-refractivity contribution is -0.138. The van der Waals surface area contributed by atoms with Gasteiger partial charge in [-0.3, -0.25) is 4.79 Å². The van der Waals surface area contributed by atoms with Crippen molar-refractivity contribution in [2.24, 2.45) is 0 Å². The number of carbonyl (C=O) groups excluding carboxylic acids is 1. The number of aromatic hydroxyl groups is 1. The van der Waals surface area contributed by atoms with Crippen LogP contribution in [0, 0.1) is 3.57 Å². The maximum atomic E-state index is 12.8. The molecule has 2 rings (SSSR count). The van der Waals surface area contributed by atoms with Crippen molar-refractivity contribution in [3.8, 4) is 5.75 Å². The summed E-state index contributed by atoms with van der Waals surface area (Å²) in [5, 5.41) is 12.1. The fraction of sp³-hybridized carbons (Fsp3) is 0.0714. The van der Waals surface area contributed by atoms with E-state index in [-0.39, 0.29) is 3.57 Å². The Bertz CT molecular complexity index is 672. The Kier molecular flexibility index (Phi) is 4.40. The lowest BCUT2D eigenvalue weighted by Crippen LogP contribution is -2.15. The quantitative estimate of drug-likeness (QED) is 0.731. The zero-order chi connectivity index (χ0) is 15.6. The molecule has 0 spiro atoms. The standard InChI is InChI=1S/C14H9F3INO2/c15-14(16,17)11-7-8(18)6-10(12(11)20)13(21)19-9-4-2-1-3-5-9/h1-7,20H,(H,19,21). The molecule has 0 saturated heterocycles. The van der Waals surface area contributed by atoms with Crippen molar-refractivity contribution in [2.75, 3.05) is 5.32 Å². The molecule has 0 aliphatic heterocycles. The first-order valence-corrected chi connectivity index (χ1v) is 6.83. The molecule has 0 bridgehead atoms. The maximum Gasteiger partial charge on any atom is 0.420 e. The number of carbonyl (C=O) groups is 1. The minimum atomic E-state index is -4.73. The lowest BCUT2D eigenvalue weighted by atomic mass is 10.1. The number of phenols is 1. The first-order valence-electron chi connectivity index (χ1n) is 5.75. The molecule has 0 aromatic heterocycles. The van der Waals surface area contributed by atoms with Crippen LogP contribution in [-0.4, -0.2) is 11.0 Å². The van der Waals surface area contributed by atoms with E-state index in [1.165, 1.54) is 6.07 Å². The van der Waals surface area contributed by atoms with E-state index in [9.17, 15) is 23.1 Å².